The fraction of sp³-hybridized carbons (Fsp3) is 0.0147. The predicted molar refractivity (Wildman–Crippen MR) is 301 cm³/mol. The number of benzene rings is 13. The van der Waals surface area contributed by atoms with E-state index in [2.05, 4.69) is 224 Å². The van der Waals surface area contributed by atoms with E-state index in [4.69, 9.17) is 19.4 Å². The van der Waals surface area contributed by atoms with Crippen molar-refractivity contribution in [2.24, 2.45) is 0 Å². The molecule has 4 nitrogen and oxygen atoms in total. The molecule has 4 heteroatoms. The van der Waals surface area contributed by atoms with Crippen molar-refractivity contribution in [2.75, 3.05) is 0 Å². The first-order valence-electron chi connectivity index (χ1n) is 24.6. The molecule has 0 aliphatic carbocycles. The van der Waals surface area contributed by atoms with Gasteiger partial charge in [-0.15, -0.1) is 0 Å². The summed E-state index contributed by atoms with van der Waals surface area (Å²) in [6, 6.07) is 85.1. The van der Waals surface area contributed by atoms with Crippen molar-refractivity contribution in [1.82, 2.24) is 15.0 Å². The Balaban J connectivity index is 1.08. The highest BCUT2D eigenvalue weighted by molar-refractivity contribution is 6.26. The van der Waals surface area contributed by atoms with Crippen molar-refractivity contribution in [1.29, 1.82) is 0 Å². The Morgan fingerprint density at radius 1 is 0.264 bits per heavy atom. The van der Waals surface area contributed by atoms with E-state index < -0.39 is 0 Å². The standard InChI is InChI=1S/C68H41N3O/c1-2-16-41(17-3-1)34-48-36-46-22-8-10-25-50(46)53-28-15-30-56(64(48)53)67-69-66(55-29-14-23-42-18-6-9-24-49(42)55)70-68(71-67)61-39-60-52-27-12-13-31-62(52)72-63(60)40-59(61)58-38-47-35-44-20-4-5-21-45(44)37-57(47)65-51-26-11-7-19-43(51)32-33-54(58)65/h1-33,35-40H,34H2. The first-order chi connectivity index (χ1) is 35.7. The summed E-state index contributed by atoms with van der Waals surface area (Å²) in [5, 5.41) is 18.5. The molecule has 0 radical (unpaired) electrons. The van der Waals surface area contributed by atoms with Crippen molar-refractivity contribution in [3.05, 3.63) is 248 Å². The molecule has 13 aromatic carbocycles. The lowest BCUT2D eigenvalue weighted by Crippen LogP contribution is -2.03. The molecule has 0 saturated heterocycles. The van der Waals surface area contributed by atoms with E-state index >= 15 is 0 Å². The number of fused-ring (bicyclic) bond motifs is 13. The molecule has 0 spiro atoms. The van der Waals surface area contributed by atoms with Crippen molar-refractivity contribution in [3.8, 4) is 45.3 Å². The smallest absolute Gasteiger partial charge is 0.164 e. The third kappa shape index (κ3) is 6.43. The minimum atomic E-state index is 0.583. The molecule has 0 aliphatic heterocycles. The van der Waals surface area contributed by atoms with Gasteiger partial charge in [-0.25, -0.2) is 15.0 Å². The SMILES string of the molecule is c1ccc(Cc2cc3ccccc3c3cccc(-c4nc(-c5cc6c(cc5-c5cc7cc8ccccc8cc7c7c5ccc5ccccc57)oc5ccccc56)nc(-c5cccc6ccccc56)n4)c23)cc1. The van der Waals surface area contributed by atoms with Gasteiger partial charge in [0.25, 0.3) is 0 Å². The highest BCUT2D eigenvalue weighted by atomic mass is 16.3. The number of hydrogen-bond donors (Lipinski definition) is 0. The zero-order chi connectivity index (χ0) is 47.3. The Bertz CT molecular complexity index is 4720. The Morgan fingerprint density at radius 2 is 0.861 bits per heavy atom. The summed E-state index contributed by atoms with van der Waals surface area (Å²) >= 11 is 0. The van der Waals surface area contributed by atoms with Gasteiger partial charge in [-0.1, -0.05) is 200 Å². The molecule has 0 N–H and O–H groups in total. The van der Waals surface area contributed by atoms with Crippen LogP contribution in [0.25, 0.3) is 143 Å². The van der Waals surface area contributed by atoms with Crippen LogP contribution in [0.2, 0.25) is 0 Å². The van der Waals surface area contributed by atoms with Gasteiger partial charge in [-0.2, -0.15) is 0 Å². The molecule has 2 heterocycles. The molecule has 15 rings (SSSR count). The minimum Gasteiger partial charge on any atom is -0.456 e. The van der Waals surface area contributed by atoms with Crippen LogP contribution in [0.4, 0.5) is 0 Å². The van der Waals surface area contributed by atoms with E-state index in [0.717, 1.165) is 83.1 Å². The van der Waals surface area contributed by atoms with E-state index in [1.807, 2.05) is 12.1 Å². The van der Waals surface area contributed by atoms with Gasteiger partial charge >= 0.3 is 0 Å². The molecule has 0 saturated carbocycles. The molecule has 0 aliphatic rings. The number of aromatic nitrogens is 3. The van der Waals surface area contributed by atoms with Gasteiger partial charge in [0.15, 0.2) is 17.5 Å². The van der Waals surface area contributed by atoms with E-state index in [1.165, 1.54) is 59.6 Å². The number of nitrogens with zero attached hydrogens (tertiary/aromatic N) is 3. The van der Waals surface area contributed by atoms with Crippen LogP contribution in [0.15, 0.2) is 241 Å². The van der Waals surface area contributed by atoms with Crippen LogP contribution in [0.3, 0.4) is 0 Å². The van der Waals surface area contributed by atoms with E-state index in [-0.39, 0.29) is 0 Å². The first-order valence-corrected chi connectivity index (χ1v) is 24.6. The molecule has 0 amide bonds. The van der Waals surface area contributed by atoms with Gasteiger partial charge in [0, 0.05) is 27.5 Å². The Hall–Kier alpha value is -9.51. The lowest BCUT2D eigenvalue weighted by molar-refractivity contribution is 0.669. The molecular formula is C68H41N3O. The molecule has 0 unspecified atom stereocenters. The van der Waals surface area contributed by atoms with Crippen LogP contribution in [0.5, 0.6) is 0 Å². The number of para-hydroxylation sites is 1. The summed E-state index contributed by atoms with van der Waals surface area (Å²) in [7, 11) is 0. The van der Waals surface area contributed by atoms with Crippen molar-refractivity contribution in [3.63, 3.8) is 0 Å². The average molecular weight is 916 g/mol. The van der Waals surface area contributed by atoms with Crippen LogP contribution in [-0.4, -0.2) is 15.0 Å². The molecule has 0 atom stereocenters. The van der Waals surface area contributed by atoms with Crippen LogP contribution in [0.1, 0.15) is 11.1 Å². The third-order valence-electron chi connectivity index (χ3n) is 14.9. The average Bonchev–Trinajstić information content (AvgIpc) is 3.81. The van der Waals surface area contributed by atoms with Crippen LogP contribution in [0, 0.1) is 0 Å². The molecule has 0 fully saturated rings. The van der Waals surface area contributed by atoms with E-state index in [1.54, 1.807) is 0 Å². The molecule has 72 heavy (non-hydrogen) atoms. The highest BCUT2D eigenvalue weighted by Crippen LogP contribution is 2.46. The lowest BCUT2D eigenvalue weighted by Gasteiger charge is -2.18. The maximum absolute atomic E-state index is 6.76. The Kier molecular flexibility index (Phi) is 8.99. The second-order valence-corrected chi connectivity index (χ2v) is 19.0. The fourth-order valence-electron chi connectivity index (χ4n) is 11.6. The largest absolute Gasteiger partial charge is 0.456 e. The number of furan rings is 1. The second-order valence-electron chi connectivity index (χ2n) is 19.0. The molecular weight excluding hydrogens is 875 g/mol. The Labute approximate surface area is 414 Å². The summed E-state index contributed by atoms with van der Waals surface area (Å²) in [6.07, 6.45) is 0.751. The van der Waals surface area contributed by atoms with Gasteiger partial charge in [-0.3, -0.25) is 0 Å². The predicted octanol–water partition coefficient (Wildman–Crippen LogP) is 18.1. The third-order valence-corrected chi connectivity index (χ3v) is 14.9. The molecule has 2 aromatic heterocycles. The summed E-state index contributed by atoms with van der Waals surface area (Å²) < 4.78 is 6.76. The Morgan fingerprint density at radius 3 is 1.68 bits per heavy atom. The summed E-state index contributed by atoms with van der Waals surface area (Å²) in [5.41, 5.74) is 8.94. The van der Waals surface area contributed by atoms with Gasteiger partial charge < -0.3 is 4.42 Å². The van der Waals surface area contributed by atoms with Gasteiger partial charge in [0.1, 0.15) is 11.2 Å². The van der Waals surface area contributed by atoms with Gasteiger partial charge in [-0.05, 0) is 140 Å². The zero-order valence-electron chi connectivity index (χ0n) is 39.0. The molecule has 0 bridgehead atoms. The fourth-order valence-corrected chi connectivity index (χ4v) is 11.6. The number of rotatable bonds is 6. The maximum Gasteiger partial charge on any atom is 0.164 e. The van der Waals surface area contributed by atoms with Crippen molar-refractivity contribution >= 4 is 97.3 Å². The molecule has 334 valence electrons. The molecule has 15 aromatic rings. The quantitative estimate of drug-likeness (QED) is 0.123. The highest BCUT2D eigenvalue weighted by Gasteiger charge is 2.24. The van der Waals surface area contributed by atoms with Gasteiger partial charge in [0.05, 0.1) is 0 Å². The van der Waals surface area contributed by atoms with Crippen molar-refractivity contribution in [2.45, 2.75) is 6.42 Å². The van der Waals surface area contributed by atoms with Crippen molar-refractivity contribution < 1.29 is 4.42 Å². The lowest BCUT2D eigenvalue weighted by atomic mass is 9.87. The normalized spacial score (nSPS) is 11.9. The number of hydrogen-bond acceptors (Lipinski definition) is 4. The van der Waals surface area contributed by atoms with Crippen LogP contribution in [-0.2, 0) is 6.42 Å². The topological polar surface area (TPSA) is 51.8 Å². The van der Waals surface area contributed by atoms with Crippen LogP contribution < -0.4 is 0 Å². The summed E-state index contributed by atoms with van der Waals surface area (Å²) in [5.74, 6) is 1.81. The van der Waals surface area contributed by atoms with E-state index in [9.17, 15) is 0 Å². The second kappa shape index (κ2) is 16.0. The van der Waals surface area contributed by atoms with Gasteiger partial charge in [0.2, 0.25) is 0 Å². The van der Waals surface area contributed by atoms with E-state index in [0.29, 0.717) is 17.5 Å². The first kappa shape index (κ1) is 40.4. The summed E-state index contributed by atoms with van der Waals surface area (Å²) in [4.78, 5) is 16.8. The minimum absolute atomic E-state index is 0.583. The van der Waals surface area contributed by atoms with Crippen LogP contribution >= 0.6 is 0 Å². The monoisotopic (exact) mass is 915 g/mol. The maximum atomic E-state index is 6.76. The zero-order valence-corrected chi connectivity index (χ0v) is 39.0. The summed E-state index contributed by atoms with van der Waals surface area (Å²) in [6.45, 7) is 0.